The van der Waals surface area contributed by atoms with Gasteiger partial charge in [-0.15, -0.1) is 0 Å². The van der Waals surface area contributed by atoms with Crippen molar-refractivity contribution in [3.05, 3.63) is 24.4 Å². The van der Waals surface area contributed by atoms with Crippen LogP contribution in [0, 0.1) is 5.92 Å². The van der Waals surface area contributed by atoms with Gasteiger partial charge in [0.15, 0.2) is 0 Å². The lowest BCUT2D eigenvalue weighted by molar-refractivity contribution is 0.321. The quantitative estimate of drug-likeness (QED) is 0.686. The van der Waals surface area contributed by atoms with E-state index in [4.69, 9.17) is 5.73 Å². The Morgan fingerprint density at radius 3 is 3.11 bits per heavy atom. The van der Waals surface area contributed by atoms with Gasteiger partial charge in [0, 0.05) is 31.7 Å². The Balaban J connectivity index is 1.56. The van der Waals surface area contributed by atoms with E-state index in [1.54, 1.807) is 0 Å². The zero-order chi connectivity index (χ0) is 12.4. The molecule has 1 aliphatic carbocycles. The Morgan fingerprint density at radius 1 is 1.50 bits per heavy atom. The van der Waals surface area contributed by atoms with Gasteiger partial charge in [0.2, 0.25) is 0 Å². The van der Waals surface area contributed by atoms with E-state index in [1.165, 1.54) is 0 Å². The lowest BCUT2D eigenvalue weighted by atomic mass is 9.91. The Hall–Kier alpha value is -1.33. The summed E-state index contributed by atoms with van der Waals surface area (Å²) in [5.41, 5.74) is 5.94. The van der Waals surface area contributed by atoms with Crippen molar-refractivity contribution < 1.29 is 0 Å². The monoisotopic (exact) mass is 247 g/mol. The predicted octanol–water partition coefficient (Wildman–Crippen LogP) is 0.733. The number of nitrogens with zero attached hydrogens (tertiary/aromatic N) is 2. The molecule has 5 heteroatoms. The van der Waals surface area contributed by atoms with Crippen molar-refractivity contribution in [3.8, 4) is 0 Å². The van der Waals surface area contributed by atoms with Gasteiger partial charge in [-0.05, 0) is 18.8 Å². The first kappa shape index (κ1) is 11.7. The molecule has 2 aliphatic rings. The van der Waals surface area contributed by atoms with Crippen molar-refractivity contribution in [3.63, 3.8) is 0 Å². The SMILES string of the molecule is N[C@H]1C=CC[C@H](CNc2ccnn2C2CNC2)C1. The summed E-state index contributed by atoms with van der Waals surface area (Å²) in [4.78, 5) is 0. The van der Waals surface area contributed by atoms with Crippen LogP contribution in [0.1, 0.15) is 18.9 Å². The molecule has 0 radical (unpaired) electrons. The second-order valence-corrected chi connectivity index (χ2v) is 5.28. The van der Waals surface area contributed by atoms with Crippen molar-refractivity contribution >= 4 is 5.82 Å². The molecular weight excluding hydrogens is 226 g/mol. The zero-order valence-corrected chi connectivity index (χ0v) is 10.5. The van der Waals surface area contributed by atoms with Crippen LogP contribution in [-0.2, 0) is 0 Å². The van der Waals surface area contributed by atoms with Crippen LogP contribution < -0.4 is 16.4 Å². The zero-order valence-electron chi connectivity index (χ0n) is 10.5. The highest BCUT2D eigenvalue weighted by atomic mass is 15.4. The maximum atomic E-state index is 5.94. The van der Waals surface area contributed by atoms with Gasteiger partial charge in [-0.2, -0.15) is 5.10 Å². The number of nitrogens with one attached hydrogen (secondary N) is 2. The summed E-state index contributed by atoms with van der Waals surface area (Å²) in [6, 6.07) is 2.79. The minimum absolute atomic E-state index is 0.228. The van der Waals surface area contributed by atoms with Gasteiger partial charge in [-0.25, -0.2) is 4.68 Å². The van der Waals surface area contributed by atoms with Gasteiger partial charge in [0.05, 0.1) is 12.2 Å². The van der Waals surface area contributed by atoms with E-state index < -0.39 is 0 Å². The normalized spacial score (nSPS) is 28.1. The molecule has 4 N–H and O–H groups in total. The fraction of sp³-hybridized carbons (Fsp3) is 0.615. The second kappa shape index (κ2) is 5.12. The molecule has 1 aliphatic heterocycles. The predicted molar refractivity (Wildman–Crippen MR) is 72.5 cm³/mol. The minimum Gasteiger partial charge on any atom is -0.370 e. The fourth-order valence-corrected chi connectivity index (χ4v) is 2.61. The highest BCUT2D eigenvalue weighted by Crippen LogP contribution is 2.21. The number of allylic oxidation sites excluding steroid dienone is 1. The standard InChI is InChI=1S/C13H21N5/c14-11-3-1-2-10(6-11)7-16-13-4-5-17-18(13)12-8-15-9-12/h1,3-5,10-12,15-16H,2,6-9,14H2/t10-,11-/m0/s1. The van der Waals surface area contributed by atoms with E-state index in [9.17, 15) is 0 Å². The number of rotatable bonds is 4. The second-order valence-electron chi connectivity index (χ2n) is 5.28. The molecule has 0 amide bonds. The summed E-state index contributed by atoms with van der Waals surface area (Å²) >= 11 is 0. The van der Waals surface area contributed by atoms with Gasteiger partial charge in [-0.3, -0.25) is 0 Å². The van der Waals surface area contributed by atoms with Crippen molar-refractivity contribution in [2.45, 2.75) is 24.9 Å². The van der Waals surface area contributed by atoms with Gasteiger partial charge in [0.1, 0.15) is 5.82 Å². The molecule has 0 aromatic carbocycles. The van der Waals surface area contributed by atoms with E-state index in [-0.39, 0.29) is 6.04 Å². The van der Waals surface area contributed by atoms with Gasteiger partial charge < -0.3 is 16.4 Å². The summed E-state index contributed by atoms with van der Waals surface area (Å²) in [7, 11) is 0. The van der Waals surface area contributed by atoms with Crippen LogP contribution in [0.5, 0.6) is 0 Å². The third-order valence-electron chi connectivity index (χ3n) is 3.81. The average Bonchev–Trinajstić information content (AvgIpc) is 2.72. The third kappa shape index (κ3) is 2.42. The van der Waals surface area contributed by atoms with Crippen LogP contribution in [0.25, 0.3) is 0 Å². The lowest BCUT2D eigenvalue weighted by Gasteiger charge is -2.29. The first-order chi connectivity index (χ1) is 8.83. The first-order valence-electron chi connectivity index (χ1n) is 6.73. The molecule has 98 valence electrons. The number of aromatic nitrogens is 2. The molecule has 18 heavy (non-hydrogen) atoms. The van der Waals surface area contributed by atoms with Crippen LogP contribution in [0.4, 0.5) is 5.82 Å². The van der Waals surface area contributed by atoms with Gasteiger partial charge >= 0.3 is 0 Å². The van der Waals surface area contributed by atoms with Crippen LogP contribution in [0.2, 0.25) is 0 Å². The Labute approximate surface area is 107 Å². The average molecular weight is 247 g/mol. The van der Waals surface area contributed by atoms with Gasteiger partial charge in [-0.1, -0.05) is 12.2 Å². The molecule has 3 rings (SSSR count). The smallest absolute Gasteiger partial charge is 0.124 e. The Morgan fingerprint density at radius 2 is 2.39 bits per heavy atom. The highest BCUT2D eigenvalue weighted by Gasteiger charge is 2.22. The van der Waals surface area contributed by atoms with Crippen molar-refractivity contribution in [1.29, 1.82) is 0 Å². The summed E-state index contributed by atoms with van der Waals surface area (Å²) in [5.74, 6) is 1.76. The van der Waals surface area contributed by atoms with Crippen molar-refractivity contribution in [2.24, 2.45) is 11.7 Å². The van der Waals surface area contributed by atoms with E-state index >= 15 is 0 Å². The summed E-state index contributed by atoms with van der Waals surface area (Å²) in [6.07, 6.45) is 8.38. The van der Waals surface area contributed by atoms with E-state index in [2.05, 4.69) is 38.6 Å². The van der Waals surface area contributed by atoms with Crippen molar-refractivity contribution in [1.82, 2.24) is 15.1 Å². The molecule has 5 nitrogen and oxygen atoms in total. The van der Waals surface area contributed by atoms with Crippen LogP contribution in [0.3, 0.4) is 0 Å². The molecule has 2 heterocycles. The molecule has 1 fully saturated rings. The molecular formula is C13H21N5. The number of hydrogen-bond acceptors (Lipinski definition) is 4. The Bertz CT molecular complexity index is 421. The molecule has 0 bridgehead atoms. The van der Waals surface area contributed by atoms with E-state index in [1.807, 2.05) is 6.20 Å². The first-order valence-corrected chi connectivity index (χ1v) is 6.73. The van der Waals surface area contributed by atoms with E-state index in [0.717, 1.165) is 38.3 Å². The largest absolute Gasteiger partial charge is 0.370 e. The maximum Gasteiger partial charge on any atom is 0.124 e. The number of hydrogen-bond donors (Lipinski definition) is 3. The number of nitrogens with two attached hydrogens (primary N) is 1. The van der Waals surface area contributed by atoms with Crippen molar-refractivity contribution in [2.75, 3.05) is 25.0 Å². The van der Waals surface area contributed by atoms with Crippen LogP contribution >= 0.6 is 0 Å². The van der Waals surface area contributed by atoms with Crippen LogP contribution in [0.15, 0.2) is 24.4 Å². The molecule has 0 saturated carbocycles. The van der Waals surface area contributed by atoms with E-state index in [0.29, 0.717) is 12.0 Å². The topological polar surface area (TPSA) is 67.9 Å². The molecule has 1 aromatic heterocycles. The minimum atomic E-state index is 0.228. The molecule has 0 spiro atoms. The lowest BCUT2D eigenvalue weighted by Crippen LogP contribution is -2.44. The highest BCUT2D eigenvalue weighted by molar-refractivity contribution is 5.35. The molecule has 0 unspecified atom stereocenters. The molecule has 2 atom stereocenters. The molecule has 1 saturated heterocycles. The van der Waals surface area contributed by atoms with Gasteiger partial charge in [0.25, 0.3) is 0 Å². The third-order valence-corrected chi connectivity index (χ3v) is 3.81. The molecule has 1 aromatic rings. The Kier molecular flexibility index (Phi) is 3.34. The summed E-state index contributed by atoms with van der Waals surface area (Å²) in [6.45, 7) is 3.02. The summed E-state index contributed by atoms with van der Waals surface area (Å²) < 4.78 is 2.09. The number of anilines is 1. The fourth-order valence-electron chi connectivity index (χ4n) is 2.61. The summed E-state index contributed by atoms with van der Waals surface area (Å²) in [5, 5.41) is 11.2. The maximum absolute atomic E-state index is 5.94. The van der Waals surface area contributed by atoms with Crippen LogP contribution in [-0.4, -0.2) is 35.5 Å².